The molecule has 0 aliphatic carbocycles. The molecule has 0 bridgehead atoms. The van der Waals surface area contributed by atoms with Crippen LogP contribution >= 0.6 is 23.7 Å². The number of sulfone groups is 1. The summed E-state index contributed by atoms with van der Waals surface area (Å²) in [5.74, 6) is -0.439. The standard InChI is InChI=1S/C25H33N3O3S2.ClH/c1-6-27(7-2)15-16-28(25-26-24-20(5)19(4)10-13-22(24)32-25)23(29)14-17-33(30,31)21-11-8-18(3)9-12-21;/h8-13H,6-7,14-17H2,1-5H3;1H. The number of fused-ring (bicyclic) bond motifs is 1. The van der Waals surface area contributed by atoms with Crippen molar-refractivity contribution in [2.75, 3.05) is 36.8 Å². The first-order valence-corrected chi connectivity index (χ1v) is 13.8. The molecule has 34 heavy (non-hydrogen) atoms. The van der Waals surface area contributed by atoms with E-state index >= 15 is 0 Å². The van der Waals surface area contributed by atoms with Crippen molar-refractivity contribution >= 4 is 54.8 Å². The number of carbonyl (C=O) groups is 1. The predicted octanol–water partition coefficient (Wildman–Crippen LogP) is 5.18. The van der Waals surface area contributed by atoms with Crippen LogP contribution in [0.15, 0.2) is 41.3 Å². The van der Waals surface area contributed by atoms with Crippen LogP contribution < -0.4 is 4.90 Å². The molecule has 9 heteroatoms. The van der Waals surface area contributed by atoms with E-state index in [-0.39, 0.29) is 35.4 Å². The fourth-order valence-electron chi connectivity index (χ4n) is 3.66. The Morgan fingerprint density at radius 3 is 2.24 bits per heavy atom. The molecule has 0 saturated carbocycles. The highest BCUT2D eigenvalue weighted by atomic mass is 35.5. The highest BCUT2D eigenvalue weighted by Gasteiger charge is 2.24. The summed E-state index contributed by atoms with van der Waals surface area (Å²) in [6.07, 6.45) is -0.0810. The van der Waals surface area contributed by atoms with Gasteiger partial charge in [0, 0.05) is 19.5 Å². The number of aryl methyl sites for hydroxylation is 3. The molecule has 6 nitrogen and oxygen atoms in total. The molecule has 1 heterocycles. The van der Waals surface area contributed by atoms with Gasteiger partial charge in [0.25, 0.3) is 0 Å². The summed E-state index contributed by atoms with van der Waals surface area (Å²) < 4.78 is 26.6. The second kappa shape index (κ2) is 12.1. The summed E-state index contributed by atoms with van der Waals surface area (Å²) in [6, 6.07) is 10.9. The average molecular weight is 524 g/mol. The summed E-state index contributed by atoms with van der Waals surface area (Å²) in [4.78, 5) is 22.3. The van der Waals surface area contributed by atoms with Crippen LogP contribution in [0.3, 0.4) is 0 Å². The summed E-state index contributed by atoms with van der Waals surface area (Å²) in [6.45, 7) is 13.1. The number of aromatic nitrogens is 1. The van der Waals surface area contributed by atoms with Crippen molar-refractivity contribution in [2.24, 2.45) is 0 Å². The molecule has 3 rings (SSSR count). The maximum Gasteiger partial charge on any atom is 0.229 e. The molecule has 0 radical (unpaired) electrons. The Bertz CT molecular complexity index is 1220. The van der Waals surface area contributed by atoms with E-state index in [2.05, 4.69) is 24.8 Å². The predicted molar refractivity (Wildman–Crippen MR) is 144 cm³/mol. The highest BCUT2D eigenvalue weighted by Crippen LogP contribution is 2.32. The number of hydrogen-bond donors (Lipinski definition) is 0. The van der Waals surface area contributed by atoms with Crippen LogP contribution in [-0.2, 0) is 14.6 Å². The van der Waals surface area contributed by atoms with Gasteiger partial charge in [-0.05, 0) is 63.2 Å². The monoisotopic (exact) mass is 523 g/mol. The summed E-state index contributed by atoms with van der Waals surface area (Å²) >= 11 is 1.48. The van der Waals surface area contributed by atoms with Gasteiger partial charge in [0.1, 0.15) is 0 Å². The van der Waals surface area contributed by atoms with E-state index in [0.717, 1.165) is 40.0 Å². The van der Waals surface area contributed by atoms with Crippen LogP contribution in [0, 0.1) is 20.8 Å². The van der Waals surface area contributed by atoms with Gasteiger partial charge in [-0.25, -0.2) is 13.4 Å². The van der Waals surface area contributed by atoms with Crippen molar-refractivity contribution in [2.45, 2.75) is 45.9 Å². The first-order chi connectivity index (χ1) is 15.7. The molecule has 0 fully saturated rings. The maximum atomic E-state index is 13.3. The molecular formula is C25H34ClN3O3S2. The van der Waals surface area contributed by atoms with Crippen molar-refractivity contribution < 1.29 is 13.2 Å². The summed E-state index contributed by atoms with van der Waals surface area (Å²) in [7, 11) is -3.54. The van der Waals surface area contributed by atoms with Crippen LogP contribution in [0.25, 0.3) is 10.2 Å². The molecule has 0 spiro atoms. The number of rotatable bonds is 10. The zero-order chi connectivity index (χ0) is 24.2. The molecule has 1 amide bonds. The van der Waals surface area contributed by atoms with Gasteiger partial charge in [-0.15, -0.1) is 12.4 Å². The van der Waals surface area contributed by atoms with Gasteiger partial charge in [0.15, 0.2) is 15.0 Å². The zero-order valence-corrected chi connectivity index (χ0v) is 22.9. The Hall–Kier alpha value is -2.00. The maximum absolute atomic E-state index is 13.3. The number of benzene rings is 2. The van der Waals surface area contributed by atoms with E-state index < -0.39 is 9.84 Å². The third kappa shape index (κ3) is 6.56. The molecule has 1 aromatic heterocycles. The number of anilines is 1. The highest BCUT2D eigenvalue weighted by molar-refractivity contribution is 7.91. The first-order valence-electron chi connectivity index (χ1n) is 11.3. The number of thiazole rings is 1. The van der Waals surface area contributed by atoms with E-state index in [4.69, 9.17) is 4.98 Å². The van der Waals surface area contributed by atoms with E-state index in [0.29, 0.717) is 18.2 Å². The minimum atomic E-state index is -3.54. The Morgan fingerprint density at radius 1 is 0.971 bits per heavy atom. The largest absolute Gasteiger partial charge is 0.302 e. The van der Waals surface area contributed by atoms with Gasteiger partial charge in [0.05, 0.1) is 20.9 Å². The number of carbonyl (C=O) groups excluding carboxylic acids is 1. The topological polar surface area (TPSA) is 70.6 Å². The molecule has 0 atom stereocenters. The van der Waals surface area contributed by atoms with Gasteiger partial charge < -0.3 is 4.90 Å². The van der Waals surface area contributed by atoms with Crippen molar-refractivity contribution in [1.82, 2.24) is 9.88 Å². The van der Waals surface area contributed by atoms with E-state index in [9.17, 15) is 13.2 Å². The lowest BCUT2D eigenvalue weighted by atomic mass is 10.1. The van der Waals surface area contributed by atoms with E-state index in [1.807, 2.05) is 26.8 Å². The van der Waals surface area contributed by atoms with E-state index in [1.54, 1.807) is 29.2 Å². The van der Waals surface area contributed by atoms with Crippen molar-refractivity contribution in [3.63, 3.8) is 0 Å². The lowest BCUT2D eigenvalue weighted by Crippen LogP contribution is -2.39. The van der Waals surface area contributed by atoms with Crippen molar-refractivity contribution in [1.29, 1.82) is 0 Å². The van der Waals surface area contributed by atoms with Crippen molar-refractivity contribution in [3.8, 4) is 0 Å². The Kier molecular flexibility index (Phi) is 10.1. The number of amides is 1. The smallest absolute Gasteiger partial charge is 0.229 e. The SMILES string of the molecule is CCN(CC)CCN(C(=O)CCS(=O)(=O)c1ccc(C)cc1)c1nc2c(C)c(C)ccc2s1.Cl. The van der Waals surface area contributed by atoms with Crippen LogP contribution in [0.5, 0.6) is 0 Å². The van der Waals surface area contributed by atoms with Crippen LogP contribution in [0.4, 0.5) is 5.13 Å². The Balaban J connectivity index is 0.00000408. The van der Waals surface area contributed by atoms with Gasteiger partial charge in [-0.1, -0.05) is 48.9 Å². The molecular weight excluding hydrogens is 490 g/mol. The fourth-order valence-corrected chi connectivity index (χ4v) is 5.96. The average Bonchev–Trinajstić information content (AvgIpc) is 3.23. The van der Waals surface area contributed by atoms with Crippen LogP contribution in [-0.4, -0.2) is 56.1 Å². The summed E-state index contributed by atoms with van der Waals surface area (Å²) in [5.41, 5.74) is 4.16. The van der Waals surface area contributed by atoms with Gasteiger partial charge in [-0.2, -0.15) is 0 Å². The minimum absolute atomic E-state index is 0. The van der Waals surface area contributed by atoms with Crippen LogP contribution in [0.2, 0.25) is 0 Å². The van der Waals surface area contributed by atoms with Crippen molar-refractivity contribution in [3.05, 3.63) is 53.1 Å². The van der Waals surface area contributed by atoms with Gasteiger partial charge in [0.2, 0.25) is 5.91 Å². The third-order valence-electron chi connectivity index (χ3n) is 6.10. The van der Waals surface area contributed by atoms with E-state index in [1.165, 1.54) is 11.3 Å². The lowest BCUT2D eigenvalue weighted by Gasteiger charge is -2.24. The molecule has 0 aliphatic heterocycles. The Morgan fingerprint density at radius 2 is 1.62 bits per heavy atom. The second-order valence-electron chi connectivity index (χ2n) is 8.30. The lowest BCUT2D eigenvalue weighted by molar-refractivity contribution is -0.118. The molecule has 186 valence electrons. The number of nitrogens with zero attached hydrogens (tertiary/aromatic N) is 3. The molecule has 0 unspecified atom stereocenters. The Labute approximate surface area is 213 Å². The minimum Gasteiger partial charge on any atom is -0.302 e. The zero-order valence-electron chi connectivity index (χ0n) is 20.5. The normalized spacial score (nSPS) is 11.6. The molecule has 3 aromatic rings. The summed E-state index contributed by atoms with van der Waals surface area (Å²) in [5, 5.41) is 0.628. The van der Waals surface area contributed by atoms with Gasteiger partial charge in [-0.3, -0.25) is 9.69 Å². The molecule has 0 aliphatic rings. The number of halogens is 1. The third-order valence-corrected chi connectivity index (χ3v) is 8.88. The first kappa shape index (κ1) is 28.2. The number of hydrogen-bond acceptors (Lipinski definition) is 6. The number of likely N-dealkylation sites (N-methyl/N-ethyl adjacent to an activating group) is 1. The molecule has 0 N–H and O–H groups in total. The fraction of sp³-hybridized carbons (Fsp3) is 0.440. The van der Waals surface area contributed by atoms with Gasteiger partial charge >= 0.3 is 0 Å². The molecule has 0 saturated heterocycles. The van der Waals surface area contributed by atoms with Crippen LogP contribution in [0.1, 0.15) is 37.0 Å². The second-order valence-corrected chi connectivity index (χ2v) is 11.4. The quantitative estimate of drug-likeness (QED) is 0.366. The molecule has 2 aromatic carbocycles.